The third-order valence-corrected chi connectivity index (χ3v) is 5.08. The Morgan fingerprint density at radius 3 is 1.30 bits per heavy atom. The Morgan fingerprint density at radius 2 is 1.00 bits per heavy atom. The molecular weight excluding hydrogens is 296 g/mol. The highest BCUT2D eigenvalue weighted by molar-refractivity contribution is 7.91. The molecule has 0 aromatic heterocycles. The Kier molecular flexibility index (Phi) is 3.71. The zero-order valence-corrected chi connectivity index (χ0v) is 12.7. The lowest BCUT2D eigenvalue weighted by atomic mass is 10.1. The van der Waals surface area contributed by atoms with Gasteiger partial charge in [-0.2, -0.15) is 0 Å². The SMILES string of the molecule is CS(=O)(=O)c1cccc(-c2cccc(S(C)(=O)=O)c2)c1. The minimum absolute atomic E-state index is 0.208. The number of rotatable bonds is 3. The lowest BCUT2D eigenvalue weighted by molar-refractivity contribution is 0.600. The summed E-state index contributed by atoms with van der Waals surface area (Å²) in [6.07, 6.45) is 2.28. The highest BCUT2D eigenvalue weighted by atomic mass is 32.2. The highest BCUT2D eigenvalue weighted by Crippen LogP contribution is 2.24. The summed E-state index contributed by atoms with van der Waals surface area (Å²) < 4.78 is 46.2. The van der Waals surface area contributed by atoms with Crippen LogP contribution in [0.25, 0.3) is 11.1 Å². The smallest absolute Gasteiger partial charge is 0.175 e. The molecule has 0 amide bonds. The summed E-state index contributed by atoms with van der Waals surface area (Å²) in [6.45, 7) is 0. The Bertz CT molecular complexity index is 777. The van der Waals surface area contributed by atoms with E-state index in [1.165, 1.54) is 24.3 Å². The van der Waals surface area contributed by atoms with Gasteiger partial charge in [-0.3, -0.25) is 0 Å². The molecule has 0 atom stereocenters. The number of sulfone groups is 2. The first-order valence-electron chi connectivity index (χ1n) is 5.78. The summed E-state index contributed by atoms with van der Waals surface area (Å²) in [4.78, 5) is 0.416. The first-order valence-corrected chi connectivity index (χ1v) is 9.57. The standard InChI is InChI=1S/C14H14O4S2/c1-19(15,16)13-7-3-5-11(9-13)12-6-4-8-14(10-12)20(2,17)18/h3-10H,1-2H3. The molecule has 0 aliphatic heterocycles. The van der Waals surface area contributed by atoms with Crippen LogP contribution in [0.15, 0.2) is 58.3 Å². The minimum atomic E-state index is -3.29. The van der Waals surface area contributed by atoms with Crippen LogP contribution < -0.4 is 0 Å². The number of hydrogen-bond donors (Lipinski definition) is 0. The lowest BCUT2D eigenvalue weighted by Gasteiger charge is -2.06. The van der Waals surface area contributed by atoms with Gasteiger partial charge in [0.2, 0.25) is 0 Å². The number of benzene rings is 2. The first kappa shape index (κ1) is 14.7. The molecule has 0 bridgehead atoms. The van der Waals surface area contributed by atoms with Crippen LogP contribution in [0.5, 0.6) is 0 Å². The first-order chi connectivity index (χ1) is 9.18. The summed E-state index contributed by atoms with van der Waals surface area (Å²) in [5.74, 6) is 0. The predicted octanol–water partition coefficient (Wildman–Crippen LogP) is 2.16. The van der Waals surface area contributed by atoms with Gasteiger partial charge in [0.1, 0.15) is 0 Å². The van der Waals surface area contributed by atoms with Crippen molar-refractivity contribution < 1.29 is 16.8 Å². The molecule has 0 aliphatic carbocycles. The third kappa shape index (κ3) is 3.26. The molecule has 0 saturated heterocycles. The van der Waals surface area contributed by atoms with E-state index in [4.69, 9.17) is 0 Å². The second-order valence-corrected chi connectivity index (χ2v) is 8.63. The Balaban J connectivity index is 2.58. The van der Waals surface area contributed by atoms with Crippen LogP contribution in [0.2, 0.25) is 0 Å². The molecule has 20 heavy (non-hydrogen) atoms. The average molecular weight is 310 g/mol. The molecule has 0 fully saturated rings. The van der Waals surface area contributed by atoms with Crippen LogP contribution in [0.3, 0.4) is 0 Å². The molecule has 0 aliphatic rings. The predicted molar refractivity (Wildman–Crippen MR) is 78.1 cm³/mol. The van der Waals surface area contributed by atoms with Crippen molar-refractivity contribution in [2.45, 2.75) is 9.79 Å². The fourth-order valence-corrected chi connectivity index (χ4v) is 3.15. The van der Waals surface area contributed by atoms with Gasteiger partial charge in [-0.1, -0.05) is 24.3 Å². The summed E-state index contributed by atoms with van der Waals surface area (Å²) >= 11 is 0. The molecule has 0 unspecified atom stereocenters. The Hall–Kier alpha value is -1.66. The summed E-state index contributed by atoms with van der Waals surface area (Å²) in [5, 5.41) is 0. The monoisotopic (exact) mass is 310 g/mol. The van der Waals surface area contributed by atoms with Crippen LogP contribution in [0, 0.1) is 0 Å². The Labute approximate surface area is 118 Å². The van der Waals surface area contributed by atoms with E-state index in [2.05, 4.69) is 0 Å². The van der Waals surface area contributed by atoms with E-state index in [0.717, 1.165) is 12.5 Å². The van der Waals surface area contributed by atoms with Crippen molar-refractivity contribution in [3.8, 4) is 11.1 Å². The largest absolute Gasteiger partial charge is 0.224 e. The molecule has 2 aromatic carbocycles. The van der Waals surface area contributed by atoms with Gasteiger partial charge in [0.05, 0.1) is 9.79 Å². The van der Waals surface area contributed by atoms with E-state index in [-0.39, 0.29) is 9.79 Å². The molecule has 0 spiro atoms. The maximum atomic E-state index is 11.5. The molecule has 0 N–H and O–H groups in total. The molecule has 0 saturated carbocycles. The molecule has 2 rings (SSSR count). The second kappa shape index (κ2) is 5.03. The lowest BCUT2D eigenvalue weighted by Crippen LogP contribution is -1.98. The maximum Gasteiger partial charge on any atom is 0.175 e. The fraction of sp³-hybridized carbons (Fsp3) is 0.143. The van der Waals surface area contributed by atoms with Gasteiger partial charge in [-0.25, -0.2) is 16.8 Å². The number of hydrogen-bond acceptors (Lipinski definition) is 4. The van der Waals surface area contributed by atoms with Crippen LogP contribution in [-0.2, 0) is 19.7 Å². The van der Waals surface area contributed by atoms with Gasteiger partial charge in [0, 0.05) is 12.5 Å². The van der Waals surface area contributed by atoms with Gasteiger partial charge < -0.3 is 0 Å². The zero-order chi connectivity index (χ0) is 15.0. The van der Waals surface area contributed by atoms with E-state index in [9.17, 15) is 16.8 Å². The van der Waals surface area contributed by atoms with Crippen molar-refractivity contribution in [1.82, 2.24) is 0 Å². The molecule has 106 valence electrons. The van der Waals surface area contributed by atoms with Crippen molar-refractivity contribution in [3.63, 3.8) is 0 Å². The molecular formula is C14H14O4S2. The van der Waals surface area contributed by atoms with Crippen LogP contribution >= 0.6 is 0 Å². The Morgan fingerprint density at radius 1 is 0.650 bits per heavy atom. The average Bonchev–Trinajstić information content (AvgIpc) is 2.37. The summed E-state index contributed by atoms with van der Waals surface area (Å²) in [6, 6.07) is 12.9. The van der Waals surface area contributed by atoms with Crippen LogP contribution in [0.1, 0.15) is 0 Å². The van der Waals surface area contributed by atoms with Gasteiger partial charge >= 0.3 is 0 Å². The summed E-state index contributed by atoms with van der Waals surface area (Å²) in [5.41, 5.74) is 1.33. The van der Waals surface area contributed by atoms with E-state index >= 15 is 0 Å². The van der Waals surface area contributed by atoms with Gasteiger partial charge in [0.25, 0.3) is 0 Å². The minimum Gasteiger partial charge on any atom is -0.224 e. The van der Waals surface area contributed by atoms with E-state index in [0.29, 0.717) is 11.1 Å². The maximum absolute atomic E-state index is 11.5. The second-order valence-electron chi connectivity index (χ2n) is 4.60. The normalized spacial score (nSPS) is 12.3. The van der Waals surface area contributed by atoms with Crippen molar-refractivity contribution in [2.75, 3.05) is 12.5 Å². The quantitative estimate of drug-likeness (QED) is 0.871. The molecule has 0 heterocycles. The fourth-order valence-electron chi connectivity index (χ4n) is 1.81. The van der Waals surface area contributed by atoms with Crippen molar-refractivity contribution in [3.05, 3.63) is 48.5 Å². The van der Waals surface area contributed by atoms with Gasteiger partial charge in [-0.15, -0.1) is 0 Å². The molecule has 4 nitrogen and oxygen atoms in total. The van der Waals surface area contributed by atoms with Gasteiger partial charge in [-0.05, 0) is 35.4 Å². The highest BCUT2D eigenvalue weighted by Gasteiger charge is 2.11. The molecule has 0 radical (unpaired) electrons. The van der Waals surface area contributed by atoms with Gasteiger partial charge in [0.15, 0.2) is 19.7 Å². The van der Waals surface area contributed by atoms with E-state index in [1.807, 2.05) is 0 Å². The molecule has 6 heteroatoms. The third-order valence-electron chi connectivity index (χ3n) is 2.86. The van der Waals surface area contributed by atoms with Crippen LogP contribution in [-0.4, -0.2) is 29.3 Å². The van der Waals surface area contributed by atoms with Crippen molar-refractivity contribution in [2.24, 2.45) is 0 Å². The van der Waals surface area contributed by atoms with E-state index < -0.39 is 19.7 Å². The van der Waals surface area contributed by atoms with E-state index in [1.54, 1.807) is 24.3 Å². The molecule has 2 aromatic rings. The van der Waals surface area contributed by atoms with Crippen LogP contribution in [0.4, 0.5) is 0 Å². The van der Waals surface area contributed by atoms with Crippen molar-refractivity contribution in [1.29, 1.82) is 0 Å². The zero-order valence-electron chi connectivity index (χ0n) is 11.1. The summed E-state index contributed by atoms with van der Waals surface area (Å²) in [7, 11) is -6.58. The van der Waals surface area contributed by atoms with Crippen molar-refractivity contribution >= 4 is 19.7 Å². The topological polar surface area (TPSA) is 68.3 Å².